The summed E-state index contributed by atoms with van der Waals surface area (Å²) < 4.78 is 8.79. The molecule has 0 amide bonds. The van der Waals surface area contributed by atoms with Crippen LogP contribution < -0.4 is 4.90 Å². The van der Waals surface area contributed by atoms with Crippen molar-refractivity contribution >= 4 is 71.6 Å². The van der Waals surface area contributed by atoms with E-state index in [2.05, 4.69) is 204 Å². The fourth-order valence-electron chi connectivity index (χ4n) is 8.30. The lowest BCUT2D eigenvalue weighted by atomic mass is 10.0. The second-order valence-corrected chi connectivity index (χ2v) is 14.2. The molecule has 0 saturated carbocycles. The smallest absolute Gasteiger partial charge is 0.137 e. The normalized spacial score (nSPS) is 11.6. The molecule has 0 bridgehead atoms. The molecular formula is C52H34N2O. The summed E-state index contributed by atoms with van der Waals surface area (Å²) in [4.78, 5) is 2.34. The van der Waals surface area contributed by atoms with Gasteiger partial charge in [0.1, 0.15) is 11.2 Å². The monoisotopic (exact) mass is 702 g/mol. The van der Waals surface area contributed by atoms with Crippen molar-refractivity contribution in [1.29, 1.82) is 0 Å². The summed E-state index contributed by atoms with van der Waals surface area (Å²) in [5.74, 6) is 0. The number of hydrogen-bond donors (Lipinski definition) is 0. The molecule has 0 radical (unpaired) electrons. The molecule has 0 aliphatic heterocycles. The van der Waals surface area contributed by atoms with E-state index in [9.17, 15) is 0 Å². The van der Waals surface area contributed by atoms with E-state index < -0.39 is 0 Å². The van der Waals surface area contributed by atoms with Crippen LogP contribution in [0.4, 0.5) is 17.1 Å². The van der Waals surface area contributed by atoms with Gasteiger partial charge in [-0.2, -0.15) is 0 Å². The predicted octanol–water partition coefficient (Wildman–Crippen LogP) is 14.6. The van der Waals surface area contributed by atoms with Crippen LogP contribution in [-0.4, -0.2) is 4.57 Å². The van der Waals surface area contributed by atoms with E-state index in [0.29, 0.717) is 0 Å². The quantitative estimate of drug-likeness (QED) is 0.172. The van der Waals surface area contributed by atoms with Crippen LogP contribution in [0.1, 0.15) is 0 Å². The highest BCUT2D eigenvalue weighted by atomic mass is 16.3. The molecule has 2 aromatic heterocycles. The highest BCUT2D eigenvalue weighted by Crippen LogP contribution is 2.41. The minimum absolute atomic E-state index is 0.871. The Morgan fingerprint density at radius 1 is 0.327 bits per heavy atom. The van der Waals surface area contributed by atoms with Gasteiger partial charge in [0, 0.05) is 50.4 Å². The second-order valence-electron chi connectivity index (χ2n) is 14.2. The lowest BCUT2D eigenvalue weighted by Gasteiger charge is -2.26. The Kier molecular flexibility index (Phi) is 7.17. The summed E-state index contributed by atoms with van der Waals surface area (Å²) in [5.41, 5.74) is 13.2. The van der Waals surface area contributed by atoms with E-state index in [-0.39, 0.29) is 0 Å². The molecule has 3 nitrogen and oxygen atoms in total. The van der Waals surface area contributed by atoms with Crippen molar-refractivity contribution in [3.63, 3.8) is 0 Å². The second kappa shape index (κ2) is 12.6. The van der Waals surface area contributed by atoms with Crippen LogP contribution in [0.15, 0.2) is 211 Å². The van der Waals surface area contributed by atoms with E-state index in [1.807, 2.05) is 12.1 Å². The van der Waals surface area contributed by atoms with Crippen LogP contribution >= 0.6 is 0 Å². The Labute approximate surface area is 318 Å². The topological polar surface area (TPSA) is 21.3 Å². The molecule has 11 rings (SSSR count). The number of hydrogen-bond acceptors (Lipinski definition) is 2. The molecule has 2 heterocycles. The molecule has 3 heteroatoms. The first-order chi connectivity index (χ1) is 27.2. The first kappa shape index (κ1) is 31.2. The number of rotatable bonds is 6. The number of para-hydroxylation sites is 2. The van der Waals surface area contributed by atoms with Crippen molar-refractivity contribution in [2.45, 2.75) is 0 Å². The molecule has 0 N–H and O–H groups in total. The average molecular weight is 703 g/mol. The molecule has 55 heavy (non-hydrogen) atoms. The predicted molar refractivity (Wildman–Crippen MR) is 231 cm³/mol. The van der Waals surface area contributed by atoms with Gasteiger partial charge >= 0.3 is 0 Å². The molecule has 0 unspecified atom stereocenters. The van der Waals surface area contributed by atoms with E-state index in [1.165, 1.54) is 43.7 Å². The van der Waals surface area contributed by atoms with Crippen LogP contribution in [0.3, 0.4) is 0 Å². The van der Waals surface area contributed by atoms with E-state index in [0.717, 1.165) is 55.8 Å². The van der Waals surface area contributed by atoms with Crippen molar-refractivity contribution in [3.8, 4) is 27.9 Å². The lowest BCUT2D eigenvalue weighted by Crippen LogP contribution is -2.10. The standard InChI is InChI=1S/C52H34N2O/c1-2-11-35(12-3-1)37-21-25-41(26-22-37)54-49-19-8-6-17-45(49)46-29-24-40(33-50(46)54)39-15-10-16-42(32-39)53(43-27-23-36-13-4-5-14-38(36)31-43)44-28-30-48-47-18-7-9-20-51(47)55-52(48)34-44/h1-34H. The van der Waals surface area contributed by atoms with Gasteiger partial charge < -0.3 is 13.9 Å². The summed E-state index contributed by atoms with van der Waals surface area (Å²) in [6.45, 7) is 0. The number of aromatic nitrogens is 1. The Morgan fingerprint density at radius 3 is 1.82 bits per heavy atom. The van der Waals surface area contributed by atoms with E-state index in [4.69, 9.17) is 4.42 Å². The van der Waals surface area contributed by atoms with Crippen molar-refractivity contribution < 1.29 is 4.42 Å². The zero-order valence-electron chi connectivity index (χ0n) is 29.9. The molecule has 0 saturated heterocycles. The Balaban J connectivity index is 1.06. The first-order valence-corrected chi connectivity index (χ1v) is 18.7. The van der Waals surface area contributed by atoms with Gasteiger partial charge in [-0.3, -0.25) is 0 Å². The van der Waals surface area contributed by atoms with Gasteiger partial charge in [0.05, 0.1) is 11.0 Å². The van der Waals surface area contributed by atoms with E-state index >= 15 is 0 Å². The third kappa shape index (κ3) is 5.28. The van der Waals surface area contributed by atoms with Gasteiger partial charge in [-0.05, 0) is 99.8 Å². The maximum absolute atomic E-state index is 6.39. The molecule has 0 fully saturated rings. The third-order valence-corrected chi connectivity index (χ3v) is 11.0. The summed E-state index contributed by atoms with van der Waals surface area (Å²) in [7, 11) is 0. The maximum atomic E-state index is 6.39. The molecule has 9 aromatic carbocycles. The van der Waals surface area contributed by atoms with Gasteiger partial charge in [0.2, 0.25) is 0 Å². The summed E-state index contributed by atoms with van der Waals surface area (Å²) >= 11 is 0. The Hall–Kier alpha value is -7.36. The minimum atomic E-state index is 0.871. The van der Waals surface area contributed by atoms with E-state index in [1.54, 1.807) is 0 Å². The summed E-state index contributed by atoms with van der Waals surface area (Å²) in [6, 6.07) is 74.0. The zero-order valence-corrected chi connectivity index (χ0v) is 29.9. The maximum Gasteiger partial charge on any atom is 0.137 e. The largest absolute Gasteiger partial charge is 0.456 e. The number of nitrogens with zero attached hydrogens (tertiary/aromatic N) is 2. The fraction of sp³-hybridized carbons (Fsp3) is 0. The highest BCUT2D eigenvalue weighted by molar-refractivity contribution is 6.10. The molecular weight excluding hydrogens is 669 g/mol. The lowest BCUT2D eigenvalue weighted by molar-refractivity contribution is 0.669. The van der Waals surface area contributed by atoms with Crippen molar-refractivity contribution in [3.05, 3.63) is 206 Å². The summed E-state index contributed by atoms with van der Waals surface area (Å²) in [5, 5.41) is 7.13. The van der Waals surface area contributed by atoms with Crippen LogP contribution in [-0.2, 0) is 0 Å². The Morgan fingerprint density at radius 2 is 0.927 bits per heavy atom. The van der Waals surface area contributed by atoms with Gasteiger partial charge in [-0.1, -0.05) is 133 Å². The van der Waals surface area contributed by atoms with Gasteiger partial charge in [-0.15, -0.1) is 0 Å². The van der Waals surface area contributed by atoms with Gasteiger partial charge in [-0.25, -0.2) is 0 Å². The molecule has 0 spiro atoms. The SMILES string of the molecule is c1ccc(-c2ccc(-n3c4ccccc4c4ccc(-c5cccc(N(c6ccc7ccccc7c6)c6ccc7c(c6)oc6ccccc67)c5)cc43)cc2)cc1. The average Bonchev–Trinajstić information content (AvgIpc) is 3.79. The third-order valence-electron chi connectivity index (χ3n) is 11.0. The number of furan rings is 1. The van der Waals surface area contributed by atoms with Crippen LogP contribution in [0.25, 0.3) is 82.5 Å². The zero-order chi connectivity index (χ0) is 36.3. The minimum Gasteiger partial charge on any atom is -0.456 e. The highest BCUT2D eigenvalue weighted by Gasteiger charge is 2.18. The molecule has 0 aliphatic rings. The Bertz CT molecular complexity index is 3210. The van der Waals surface area contributed by atoms with Gasteiger partial charge in [0.15, 0.2) is 0 Å². The van der Waals surface area contributed by atoms with Crippen molar-refractivity contribution in [2.24, 2.45) is 0 Å². The molecule has 0 aliphatic carbocycles. The van der Waals surface area contributed by atoms with Crippen LogP contribution in [0.2, 0.25) is 0 Å². The summed E-state index contributed by atoms with van der Waals surface area (Å²) in [6.07, 6.45) is 0. The first-order valence-electron chi connectivity index (χ1n) is 18.7. The number of anilines is 3. The van der Waals surface area contributed by atoms with Crippen molar-refractivity contribution in [2.75, 3.05) is 4.90 Å². The van der Waals surface area contributed by atoms with Crippen LogP contribution in [0.5, 0.6) is 0 Å². The molecule has 258 valence electrons. The number of benzene rings is 9. The van der Waals surface area contributed by atoms with Crippen LogP contribution in [0, 0.1) is 0 Å². The number of fused-ring (bicyclic) bond motifs is 7. The molecule has 0 atom stereocenters. The molecule has 11 aromatic rings. The van der Waals surface area contributed by atoms with Crippen molar-refractivity contribution in [1.82, 2.24) is 4.57 Å². The van der Waals surface area contributed by atoms with Gasteiger partial charge in [0.25, 0.3) is 0 Å². The fourth-order valence-corrected chi connectivity index (χ4v) is 8.30.